The molecule has 0 radical (unpaired) electrons. The standard InChI is InChI=1S/C24H21N3O5S2/c1-14-10-22(29)32-19-12-17(8-9-18(14)19)31-13-21(28)25-27-23(30)20(34-24(27)33)11-15-4-6-16(7-5-15)26(2)3/h4-12H,13H2,1-3H3,(H,25,28)/b20-11+. The zero-order valence-electron chi connectivity index (χ0n) is 18.7. The number of aryl methyl sites for hydroxylation is 1. The number of carbonyl (C=O) groups is 2. The molecule has 8 nitrogen and oxygen atoms in total. The molecule has 0 unspecified atom stereocenters. The summed E-state index contributed by atoms with van der Waals surface area (Å²) in [5.41, 5.74) is 5.06. The molecule has 34 heavy (non-hydrogen) atoms. The quantitative estimate of drug-likeness (QED) is 0.316. The number of fused-ring (bicyclic) bond motifs is 1. The number of hydrazine groups is 1. The summed E-state index contributed by atoms with van der Waals surface area (Å²) in [6.45, 7) is 1.45. The van der Waals surface area contributed by atoms with Crippen molar-refractivity contribution in [2.24, 2.45) is 0 Å². The summed E-state index contributed by atoms with van der Waals surface area (Å²) in [6.07, 6.45) is 1.73. The van der Waals surface area contributed by atoms with Crippen molar-refractivity contribution in [1.82, 2.24) is 10.4 Å². The lowest BCUT2D eigenvalue weighted by Crippen LogP contribution is -2.46. The largest absolute Gasteiger partial charge is 0.484 e. The van der Waals surface area contributed by atoms with Crippen molar-refractivity contribution in [3.8, 4) is 5.75 Å². The molecule has 1 saturated heterocycles. The van der Waals surface area contributed by atoms with E-state index in [1.807, 2.05) is 50.2 Å². The minimum Gasteiger partial charge on any atom is -0.484 e. The van der Waals surface area contributed by atoms with Crippen LogP contribution in [-0.4, -0.2) is 41.8 Å². The summed E-state index contributed by atoms with van der Waals surface area (Å²) in [4.78, 5) is 39.1. The Bertz CT molecular complexity index is 1380. The molecule has 1 fully saturated rings. The Labute approximate surface area is 205 Å². The molecule has 1 N–H and O–H groups in total. The van der Waals surface area contributed by atoms with E-state index < -0.39 is 17.4 Å². The van der Waals surface area contributed by atoms with E-state index in [1.165, 1.54) is 6.07 Å². The van der Waals surface area contributed by atoms with Crippen LogP contribution < -0.4 is 20.7 Å². The molecule has 0 atom stereocenters. The second-order valence-corrected chi connectivity index (χ2v) is 9.41. The van der Waals surface area contributed by atoms with Crippen LogP contribution in [0.25, 0.3) is 17.0 Å². The number of amides is 2. The number of nitrogens with one attached hydrogen (secondary N) is 1. The molecular formula is C24H21N3O5S2. The second-order valence-electron chi connectivity index (χ2n) is 7.73. The molecule has 3 aromatic rings. The average molecular weight is 496 g/mol. The van der Waals surface area contributed by atoms with E-state index in [0.29, 0.717) is 16.2 Å². The number of rotatable bonds is 6. The minimum absolute atomic E-state index is 0.220. The van der Waals surface area contributed by atoms with Gasteiger partial charge in [-0.3, -0.25) is 15.0 Å². The summed E-state index contributed by atoms with van der Waals surface area (Å²) in [6, 6.07) is 14.1. The fraction of sp³-hybridized carbons (Fsp3) is 0.167. The van der Waals surface area contributed by atoms with Crippen LogP contribution in [0.5, 0.6) is 5.75 Å². The van der Waals surface area contributed by atoms with Crippen molar-refractivity contribution in [1.29, 1.82) is 0 Å². The maximum Gasteiger partial charge on any atom is 0.336 e. The highest BCUT2D eigenvalue weighted by atomic mass is 32.2. The lowest BCUT2D eigenvalue weighted by Gasteiger charge is -2.16. The average Bonchev–Trinajstić information content (AvgIpc) is 3.05. The molecule has 2 amide bonds. The molecule has 0 aliphatic carbocycles. The maximum absolute atomic E-state index is 12.8. The number of thiocarbonyl (C=S) groups is 1. The van der Waals surface area contributed by atoms with Crippen LogP contribution in [0.15, 0.2) is 62.6 Å². The van der Waals surface area contributed by atoms with Gasteiger partial charge < -0.3 is 14.1 Å². The Hall–Kier alpha value is -3.63. The van der Waals surface area contributed by atoms with Crippen LogP contribution in [0.2, 0.25) is 0 Å². The van der Waals surface area contributed by atoms with E-state index in [-0.39, 0.29) is 10.9 Å². The van der Waals surface area contributed by atoms with Crippen molar-refractivity contribution in [2.45, 2.75) is 6.92 Å². The van der Waals surface area contributed by atoms with E-state index in [9.17, 15) is 14.4 Å². The van der Waals surface area contributed by atoms with Crippen molar-refractivity contribution >= 4 is 62.8 Å². The minimum atomic E-state index is -0.557. The number of carbonyl (C=O) groups excluding carboxylic acids is 2. The number of hydrogen-bond donors (Lipinski definition) is 1. The third kappa shape index (κ3) is 5.13. The van der Waals surface area contributed by atoms with Gasteiger partial charge in [0.25, 0.3) is 11.8 Å². The molecule has 2 heterocycles. The van der Waals surface area contributed by atoms with Gasteiger partial charge in [0, 0.05) is 37.3 Å². The molecule has 1 aromatic heterocycles. The zero-order chi connectivity index (χ0) is 24.4. The summed E-state index contributed by atoms with van der Waals surface area (Å²) in [7, 11) is 3.90. The molecule has 4 rings (SSSR count). The van der Waals surface area contributed by atoms with Gasteiger partial charge in [-0.25, -0.2) is 4.79 Å². The van der Waals surface area contributed by atoms with Crippen LogP contribution in [0.1, 0.15) is 11.1 Å². The van der Waals surface area contributed by atoms with Crippen LogP contribution >= 0.6 is 24.0 Å². The first-order valence-corrected chi connectivity index (χ1v) is 11.5. The third-order valence-electron chi connectivity index (χ3n) is 5.03. The van der Waals surface area contributed by atoms with Gasteiger partial charge in [0.15, 0.2) is 10.9 Å². The smallest absolute Gasteiger partial charge is 0.336 e. The molecule has 1 aliphatic rings. The van der Waals surface area contributed by atoms with Gasteiger partial charge in [-0.2, -0.15) is 5.01 Å². The van der Waals surface area contributed by atoms with Crippen LogP contribution in [-0.2, 0) is 9.59 Å². The van der Waals surface area contributed by atoms with Gasteiger partial charge in [0.2, 0.25) is 0 Å². The van der Waals surface area contributed by atoms with Crippen LogP contribution in [0.4, 0.5) is 5.69 Å². The van der Waals surface area contributed by atoms with Gasteiger partial charge in [-0.15, -0.1) is 0 Å². The van der Waals surface area contributed by atoms with E-state index in [0.717, 1.165) is 39.0 Å². The van der Waals surface area contributed by atoms with Crippen LogP contribution in [0.3, 0.4) is 0 Å². The van der Waals surface area contributed by atoms with Crippen LogP contribution in [0, 0.1) is 6.92 Å². The first-order chi connectivity index (χ1) is 16.2. The fourth-order valence-corrected chi connectivity index (χ4v) is 4.46. The summed E-state index contributed by atoms with van der Waals surface area (Å²) in [5.74, 6) is -0.621. The van der Waals surface area contributed by atoms with Gasteiger partial charge in [-0.05, 0) is 60.6 Å². The molecule has 0 bridgehead atoms. The molecule has 174 valence electrons. The maximum atomic E-state index is 12.8. The number of ether oxygens (including phenoxy) is 1. The van der Waals surface area contributed by atoms with Crippen molar-refractivity contribution in [3.63, 3.8) is 0 Å². The van der Waals surface area contributed by atoms with E-state index in [1.54, 1.807) is 24.3 Å². The second kappa shape index (κ2) is 9.70. The Morgan fingerprint density at radius 2 is 1.91 bits per heavy atom. The third-order valence-corrected chi connectivity index (χ3v) is 6.33. The summed E-state index contributed by atoms with van der Waals surface area (Å²) in [5, 5.41) is 1.81. The number of nitrogens with zero attached hydrogens (tertiary/aromatic N) is 2. The molecule has 1 aliphatic heterocycles. The molecular weight excluding hydrogens is 474 g/mol. The first kappa shape index (κ1) is 23.5. The zero-order valence-corrected chi connectivity index (χ0v) is 20.3. The van der Waals surface area contributed by atoms with Gasteiger partial charge >= 0.3 is 5.63 Å². The summed E-state index contributed by atoms with van der Waals surface area (Å²) >= 11 is 6.37. The normalized spacial score (nSPS) is 14.7. The molecule has 0 saturated carbocycles. The Morgan fingerprint density at radius 3 is 2.62 bits per heavy atom. The fourth-order valence-electron chi connectivity index (χ4n) is 3.29. The molecule has 0 spiro atoms. The predicted molar refractivity (Wildman–Crippen MR) is 137 cm³/mol. The molecule has 10 heteroatoms. The predicted octanol–water partition coefficient (Wildman–Crippen LogP) is 3.48. The van der Waals surface area contributed by atoms with Crippen molar-refractivity contribution in [2.75, 3.05) is 25.6 Å². The van der Waals surface area contributed by atoms with E-state index in [4.69, 9.17) is 21.4 Å². The van der Waals surface area contributed by atoms with Gasteiger partial charge in [0.05, 0.1) is 4.91 Å². The number of thioether (sulfide) groups is 1. The van der Waals surface area contributed by atoms with Crippen molar-refractivity contribution in [3.05, 3.63) is 75.0 Å². The lowest BCUT2D eigenvalue weighted by molar-refractivity contribution is -0.134. The SMILES string of the molecule is Cc1cc(=O)oc2cc(OCC(=O)NN3C(=O)/C(=C\c4ccc(N(C)C)cc4)SC3=S)ccc12. The van der Waals surface area contributed by atoms with E-state index >= 15 is 0 Å². The number of hydrogen-bond acceptors (Lipinski definition) is 8. The Balaban J connectivity index is 1.39. The van der Waals surface area contributed by atoms with Gasteiger partial charge in [0.1, 0.15) is 11.3 Å². The number of anilines is 1. The summed E-state index contributed by atoms with van der Waals surface area (Å²) < 4.78 is 10.9. The highest BCUT2D eigenvalue weighted by molar-refractivity contribution is 8.26. The first-order valence-electron chi connectivity index (χ1n) is 10.2. The topological polar surface area (TPSA) is 92.1 Å². The van der Waals surface area contributed by atoms with Crippen molar-refractivity contribution < 1.29 is 18.7 Å². The van der Waals surface area contributed by atoms with E-state index in [2.05, 4.69) is 5.43 Å². The molecule has 2 aromatic carbocycles. The lowest BCUT2D eigenvalue weighted by atomic mass is 10.1. The monoisotopic (exact) mass is 495 g/mol. The number of benzene rings is 2. The Kier molecular flexibility index (Phi) is 6.71. The highest BCUT2D eigenvalue weighted by Gasteiger charge is 2.33. The van der Waals surface area contributed by atoms with Gasteiger partial charge in [-0.1, -0.05) is 23.9 Å². The highest BCUT2D eigenvalue weighted by Crippen LogP contribution is 2.31. The Morgan fingerprint density at radius 1 is 1.18 bits per heavy atom.